The molecule has 0 spiro atoms. The van der Waals surface area contributed by atoms with Crippen LogP contribution in [0.4, 0.5) is 56.6 Å². The first-order valence-electron chi connectivity index (χ1n) is 21.0. The third-order valence-corrected chi connectivity index (χ3v) is 11.1. The van der Waals surface area contributed by atoms with E-state index in [-0.39, 0.29) is 60.0 Å². The number of nitrogens with two attached hydrogens (primary N) is 3. The molecule has 6 aromatic carbocycles. The zero-order chi connectivity index (χ0) is 53.7. The molecule has 0 aromatic heterocycles. The van der Waals surface area contributed by atoms with Crippen LogP contribution < -0.4 is 17.2 Å². The van der Waals surface area contributed by atoms with E-state index in [4.69, 9.17) is 17.2 Å². The van der Waals surface area contributed by atoms with Crippen molar-refractivity contribution in [1.29, 1.82) is 0 Å². The molecule has 378 valence electrons. The van der Waals surface area contributed by atoms with E-state index in [1.165, 1.54) is 42.6 Å². The highest BCUT2D eigenvalue weighted by molar-refractivity contribution is 9.10. The Kier molecular flexibility index (Phi) is 15.8. The Morgan fingerprint density at radius 3 is 1.23 bits per heavy atom. The third kappa shape index (κ3) is 12.5. The third-order valence-electron chi connectivity index (χ3n) is 10.6. The van der Waals surface area contributed by atoms with Gasteiger partial charge >= 0.3 is 18.5 Å². The number of hydrogen-bond donors (Lipinski definition) is 3. The summed E-state index contributed by atoms with van der Waals surface area (Å²) in [7, 11) is 0. The monoisotopic (exact) mass is 1080 g/mol. The summed E-state index contributed by atoms with van der Waals surface area (Å²) in [5, 5.41) is 0. The summed E-state index contributed by atoms with van der Waals surface area (Å²) in [4.78, 5) is 74.7. The number of benzene rings is 6. The highest BCUT2D eigenvalue weighted by Gasteiger charge is 2.37. The fourth-order valence-corrected chi connectivity index (χ4v) is 7.81. The molecule has 3 heterocycles. The Labute approximate surface area is 418 Å². The smallest absolute Gasteiger partial charge is 0.399 e. The molecule has 0 atom stereocenters. The number of amides is 6. The Balaban J connectivity index is 0.000000190. The summed E-state index contributed by atoms with van der Waals surface area (Å²) in [5.74, 6) is -2.50. The van der Waals surface area contributed by atoms with E-state index >= 15 is 0 Å². The molecule has 12 nitrogen and oxygen atoms in total. The van der Waals surface area contributed by atoms with Crippen molar-refractivity contribution >= 4 is 74.5 Å². The standard InChI is InChI=1S/C17H13F3N2O2.C17H11F3N2O2.C10H7NO2.C7H5BrF3N.H2/c2*18-17(19,20)11-7-10(8-12(21)9-11)5-6-22-15(23)13-3-1-2-4-14(13)16(22)24;1-2-11-9(12)7-5-3-4-6-8(7)10(11)13;8-5-1-4(7(9,10)11)2-6(12)3-5;/h1-4,7-9H,5-6,21H2;1-9H,21H2;2-6H,1H2;1-3H,12H2;1H/b;6-5+;;;. The highest BCUT2D eigenvalue weighted by Crippen LogP contribution is 2.35. The second kappa shape index (κ2) is 21.4. The first-order valence-corrected chi connectivity index (χ1v) is 21.8. The van der Waals surface area contributed by atoms with Crippen LogP contribution in [0.2, 0.25) is 0 Å². The summed E-state index contributed by atoms with van der Waals surface area (Å²) in [6.45, 7) is 3.40. The Bertz CT molecular complexity index is 3110. The molecule has 73 heavy (non-hydrogen) atoms. The van der Waals surface area contributed by atoms with Gasteiger partial charge < -0.3 is 17.2 Å². The minimum Gasteiger partial charge on any atom is -0.399 e. The maximum atomic E-state index is 12.8. The van der Waals surface area contributed by atoms with Crippen LogP contribution in [0.5, 0.6) is 0 Å². The van der Waals surface area contributed by atoms with Crippen molar-refractivity contribution in [1.82, 2.24) is 14.7 Å². The number of carbonyl (C=O) groups is 6. The van der Waals surface area contributed by atoms with E-state index in [1.54, 1.807) is 60.7 Å². The van der Waals surface area contributed by atoms with Crippen molar-refractivity contribution in [3.05, 3.63) is 212 Å². The number of hydrogen-bond acceptors (Lipinski definition) is 9. The quantitative estimate of drug-likeness (QED) is 0.0828. The predicted molar refractivity (Wildman–Crippen MR) is 256 cm³/mol. The minimum absolute atomic E-state index is 0. The molecule has 3 aliphatic rings. The van der Waals surface area contributed by atoms with Crippen molar-refractivity contribution in [3.8, 4) is 0 Å². The number of halogens is 10. The molecule has 0 bridgehead atoms. The molecule has 0 aliphatic carbocycles. The van der Waals surface area contributed by atoms with Crippen LogP contribution in [-0.4, -0.2) is 56.7 Å². The van der Waals surface area contributed by atoms with Gasteiger partial charge in [-0.05, 0) is 115 Å². The van der Waals surface area contributed by atoms with Gasteiger partial charge in [0.05, 0.1) is 50.1 Å². The number of carbonyl (C=O) groups excluding carboxylic acids is 6. The molecule has 6 amide bonds. The maximum Gasteiger partial charge on any atom is 0.416 e. The first kappa shape index (κ1) is 53.8. The van der Waals surface area contributed by atoms with Crippen molar-refractivity contribution in [2.45, 2.75) is 24.9 Å². The average molecular weight is 1080 g/mol. The van der Waals surface area contributed by atoms with Gasteiger partial charge in [-0.1, -0.05) is 58.9 Å². The van der Waals surface area contributed by atoms with Gasteiger partial charge in [0.15, 0.2) is 0 Å². The van der Waals surface area contributed by atoms with Crippen molar-refractivity contribution in [2.75, 3.05) is 23.7 Å². The molecule has 0 saturated heterocycles. The van der Waals surface area contributed by atoms with E-state index in [0.29, 0.717) is 32.3 Å². The van der Waals surface area contributed by atoms with Gasteiger partial charge in [-0.3, -0.25) is 33.7 Å². The molecule has 0 fully saturated rings. The molecule has 6 N–H and O–H groups in total. The fraction of sp³-hybridized carbons (Fsp3) is 0.0980. The SMILES string of the molecule is C=CN1C(=O)c2ccccc2C1=O.Nc1cc(/C=C/N2C(=O)c3ccccc3C2=O)cc(C(F)(F)F)c1.Nc1cc(Br)cc(C(F)(F)F)c1.Nc1cc(CCN2C(=O)c3ccccc3C2=O)cc(C(F)(F)F)c1.[HH]. The lowest BCUT2D eigenvalue weighted by Crippen LogP contribution is -2.31. The molecule has 0 unspecified atom stereocenters. The van der Waals surface area contributed by atoms with Crippen LogP contribution in [0, 0.1) is 0 Å². The number of nitrogens with zero attached hydrogens (tertiary/aromatic N) is 3. The Morgan fingerprint density at radius 2 is 0.836 bits per heavy atom. The van der Waals surface area contributed by atoms with Crippen LogP contribution in [0.1, 0.15) is 91.4 Å². The number of rotatable bonds is 6. The number of nitrogen functional groups attached to an aromatic ring is 3. The zero-order valence-electron chi connectivity index (χ0n) is 37.3. The molecule has 9 rings (SSSR count). The summed E-state index contributed by atoms with van der Waals surface area (Å²) in [5.41, 5.74) is 16.3. The van der Waals surface area contributed by atoms with Gasteiger partial charge in [-0.2, -0.15) is 39.5 Å². The lowest BCUT2D eigenvalue weighted by atomic mass is 10.1. The molecule has 3 aliphatic heterocycles. The lowest BCUT2D eigenvalue weighted by molar-refractivity contribution is -0.138. The number of alkyl halides is 9. The van der Waals surface area contributed by atoms with Crippen molar-refractivity contribution in [3.63, 3.8) is 0 Å². The van der Waals surface area contributed by atoms with E-state index in [2.05, 4.69) is 22.5 Å². The summed E-state index contributed by atoms with van der Waals surface area (Å²) in [6, 6.07) is 29.0. The number of fused-ring (bicyclic) bond motifs is 3. The molecule has 22 heteroatoms. The Morgan fingerprint density at radius 1 is 0.479 bits per heavy atom. The van der Waals surface area contributed by atoms with E-state index in [1.807, 2.05) is 0 Å². The van der Waals surface area contributed by atoms with Gasteiger partial charge in [0, 0.05) is 41.9 Å². The predicted octanol–water partition coefficient (Wildman–Crippen LogP) is 11.4. The summed E-state index contributed by atoms with van der Waals surface area (Å²) in [6.07, 6.45) is -9.64. The summed E-state index contributed by atoms with van der Waals surface area (Å²) < 4.78 is 113. The normalized spacial score (nSPS) is 14.0. The van der Waals surface area contributed by atoms with Crippen molar-refractivity contribution in [2.24, 2.45) is 0 Å². The van der Waals surface area contributed by atoms with Crippen LogP contribution in [-0.2, 0) is 24.9 Å². The van der Waals surface area contributed by atoms with Crippen LogP contribution >= 0.6 is 15.9 Å². The molecule has 0 radical (unpaired) electrons. The number of anilines is 3. The second-order valence-electron chi connectivity index (χ2n) is 15.7. The van der Waals surface area contributed by atoms with Crippen LogP contribution in [0.25, 0.3) is 6.08 Å². The highest BCUT2D eigenvalue weighted by atomic mass is 79.9. The van der Waals surface area contributed by atoms with Gasteiger partial charge in [-0.25, -0.2) is 9.80 Å². The number of imide groups is 3. The summed E-state index contributed by atoms with van der Waals surface area (Å²) >= 11 is 2.93. The minimum atomic E-state index is -4.53. The van der Waals surface area contributed by atoms with E-state index < -0.39 is 58.8 Å². The Hall–Kier alpha value is -8.53. The van der Waals surface area contributed by atoms with Gasteiger partial charge in [0.25, 0.3) is 35.4 Å². The second-order valence-corrected chi connectivity index (χ2v) is 16.6. The largest absolute Gasteiger partial charge is 0.416 e. The molecular formula is C51H38BrF9N6O6. The molecule has 6 aromatic rings. The van der Waals surface area contributed by atoms with Crippen LogP contribution in [0.15, 0.2) is 151 Å². The molecule has 0 saturated carbocycles. The average Bonchev–Trinajstić information content (AvgIpc) is 3.83. The van der Waals surface area contributed by atoms with Gasteiger partial charge in [0.2, 0.25) is 0 Å². The molecular weight excluding hydrogens is 1040 g/mol. The van der Waals surface area contributed by atoms with Crippen molar-refractivity contribution < 1.29 is 69.7 Å². The van der Waals surface area contributed by atoms with Gasteiger partial charge in [0.1, 0.15) is 0 Å². The van der Waals surface area contributed by atoms with E-state index in [9.17, 15) is 68.3 Å². The topological polar surface area (TPSA) is 190 Å². The maximum absolute atomic E-state index is 12.8. The van der Waals surface area contributed by atoms with Crippen LogP contribution in [0.3, 0.4) is 0 Å². The lowest BCUT2D eigenvalue weighted by Gasteiger charge is -2.15. The zero-order valence-corrected chi connectivity index (χ0v) is 38.9. The fourth-order valence-electron chi connectivity index (χ4n) is 7.30. The van der Waals surface area contributed by atoms with Gasteiger partial charge in [-0.15, -0.1) is 0 Å². The van der Waals surface area contributed by atoms with E-state index in [0.717, 1.165) is 57.3 Å². The first-order chi connectivity index (χ1) is 34.2.